The van der Waals surface area contributed by atoms with Crippen LogP contribution in [0.25, 0.3) is 0 Å². The third-order valence-electron chi connectivity index (χ3n) is 3.01. The van der Waals surface area contributed by atoms with Crippen LogP contribution in [0, 0.1) is 0 Å². The standard InChI is InChI=1S/C12H20N4O/c1-4-9-14-10(7-11(17)15-9)16-6-5-13-12(2,3)8-16/h7,13H,4-6,8H2,1-3H3,(H,14,15,17). The van der Waals surface area contributed by atoms with Crippen molar-refractivity contribution in [2.75, 3.05) is 24.5 Å². The van der Waals surface area contributed by atoms with Gasteiger partial charge in [0.1, 0.15) is 11.6 Å². The minimum Gasteiger partial charge on any atom is -0.353 e. The summed E-state index contributed by atoms with van der Waals surface area (Å²) in [5.74, 6) is 1.55. The van der Waals surface area contributed by atoms with Crippen molar-refractivity contribution in [3.63, 3.8) is 0 Å². The molecule has 0 saturated carbocycles. The Kier molecular flexibility index (Phi) is 3.19. The van der Waals surface area contributed by atoms with Crippen molar-refractivity contribution in [2.45, 2.75) is 32.7 Å². The number of nitrogens with one attached hydrogen (secondary N) is 2. The number of hydrogen-bond donors (Lipinski definition) is 2. The van der Waals surface area contributed by atoms with Gasteiger partial charge >= 0.3 is 0 Å². The lowest BCUT2D eigenvalue weighted by Crippen LogP contribution is -2.57. The van der Waals surface area contributed by atoms with Crippen LogP contribution in [-0.4, -0.2) is 35.1 Å². The van der Waals surface area contributed by atoms with Crippen LogP contribution in [0.4, 0.5) is 5.82 Å². The molecular weight excluding hydrogens is 216 g/mol. The van der Waals surface area contributed by atoms with Crippen molar-refractivity contribution in [1.82, 2.24) is 15.3 Å². The van der Waals surface area contributed by atoms with Crippen LogP contribution in [-0.2, 0) is 6.42 Å². The number of aromatic amines is 1. The van der Waals surface area contributed by atoms with Crippen LogP contribution in [0.3, 0.4) is 0 Å². The van der Waals surface area contributed by atoms with Crippen LogP contribution < -0.4 is 15.8 Å². The number of H-pyrrole nitrogens is 1. The molecule has 1 aliphatic rings. The Bertz CT molecular complexity index is 452. The lowest BCUT2D eigenvalue weighted by Gasteiger charge is -2.39. The summed E-state index contributed by atoms with van der Waals surface area (Å²) in [4.78, 5) is 20.9. The maximum absolute atomic E-state index is 11.5. The number of hydrogen-bond acceptors (Lipinski definition) is 4. The highest BCUT2D eigenvalue weighted by Crippen LogP contribution is 2.16. The highest BCUT2D eigenvalue weighted by atomic mass is 16.1. The van der Waals surface area contributed by atoms with Gasteiger partial charge in [-0.25, -0.2) is 4.98 Å². The quantitative estimate of drug-likeness (QED) is 0.786. The van der Waals surface area contributed by atoms with E-state index in [9.17, 15) is 4.79 Å². The van der Waals surface area contributed by atoms with Gasteiger partial charge in [0.2, 0.25) is 0 Å². The first-order valence-electron chi connectivity index (χ1n) is 6.10. The molecule has 5 heteroatoms. The van der Waals surface area contributed by atoms with E-state index in [0.717, 1.165) is 37.7 Å². The molecule has 0 aromatic carbocycles. The first kappa shape index (κ1) is 12.1. The third-order valence-corrected chi connectivity index (χ3v) is 3.01. The Balaban J connectivity index is 2.27. The van der Waals surface area contributed by atoms with Gasteiger partial charge in [-0.15, -0.1) is 0 Å². The highest BCUT2D eigenvalue weighted by Gasteiger charge is 2.26. The second kappa shape index (κ2) is 4.49. The molecule has 0 bridgehead atoms. The number of aromatic nitrogens is 2. The number of rotatable bonds is 2. The smallest absolute Gasteiger partial charge is 0.252 e. The Morgan fingerprint density at radius 2 is 2.29 bits per heavy atom. The lowest BCUT2D eigenvalue weighted by molar-refractivity contribution is 0.351. The first-order chi connectivity index (χ1) is 8.00. The summed E-state index contributed by atoms with van der Waals surface area (Å²) in [7, 11) is 0. The molecule has 2 heterocycles. The molecule has 0 amide bonds. The molecule has 1 aromatic heterocycles. The fourth-order valence-corrected chi connectivity index (χ4v) is 2.16. The fourth-order valence-electron chi connectivity index (χ4n) is 2.16. The summed E-state index contributed by atoms with van der Waals surface area (Å²) in [5.41, 5.74) is -0.00210. The Hall–Kier alpha value is -1.36. The van der Waals surface area contributed by atoms with Crippen LogP contribution in [0.1, 0.15) is 26.6 Å². The van der Waals surface area contributed by atoms with E-state index >= 15 is 0 Å². The molecule has 1 saturated heterocycles. The third kappa shape index (κ3) is 2.85. The van der Waals surface area contributed by atoms with Crippen molar-refractivity contribution in [1.29, 1.82) is 0 Å². The van der Waals surface area contributed by atoms with Crippen molar-refractivity contribution in [3.8, 4) is 0 Å². The average Bonchev–Trinajstić information content (AvgIpc) is 2.27. The maximum Gasteiger partial charge on any atom is 0.252 e. The van der Waals surface area contributed by atoms with Gasteiger partial charge in [-0.3, -0.25) is 4.79 Å². The normalized spacial score (nSPS) is 19.4. The van der Waals surface area contributed by atoms with Crippen molar-refractivity contribution in [2.24, 2.45) is 0 Å². The Morgan fingerprint density at radius 3 is 2.94 bits per heavy atom. The summed E-state index contributed by atoms with van der Waals surface area (Å²) in [6.45, 7) is 8.99. The van der Waals surface area contributed by atoms with E-state index in [1.165, 1.54) is 0 Å². The van der Waals surface area contributed by atoms with E-state index in [-0.39, 0.29) is 11.1 Å². The summed E-state index contributed by atoms with van der Waals surface area (Å²) in [6, 6.07) is 1.58. The molecule has 17 heavy (non-hydrogen) atoms. The zero-order valence-corrected chi connectivity index (χ0v) is 10.7. The van der Waals surface area contributed by atoms with E-state index in [4.69, 9.17) is 0 Å². The summed E-state index contributed by atoms with van der Waals surface area (Å²) < 4.78 is 0. The average molecular weight is 236 g/mol. The zero-order chi connectivity index (χ0) is 12.5. The highest BCUT2D eigenvalue weighted by molar-refractivity contribution is 5.39. The molecule has 1 aromatic rings. The van der Waals surface area contributed by atoms with E-state index in [0.29, 0.717) is 0 Å². The number of piperazine rings is 1. The molecule has 0 unspecified atom stereocenters. The Morgan fingerprint density at radius 1 is 1.53 bits per heavy atom. The van der Waals surface area contributed by atoms with Crippen LogP contribution in [0.15, 0.2) is 10.9 Å². The van der Waals surface area contributed by atoms with E-state index in [2.05, 4.69) is 34.0 Å². The van der Waals surface area contributed by atoms with Gasteiger partial charge in [-0.1, -0.05) is 6.92 Å². The summed E-state index contributed by atoms with van der Waals surface area (Å²) in [5, 5.41) is 3.45. The van der Waals surface area contributed by atoms with Gasteiger partial charge in [0.15, 0.2) is 0 Å². The number of aryl methyl sites for hydroxylation is 1. The minimum absolute atomic E-state index is 0.0644. The maximum atomic E-state index is 11.5. The molecule has 1 fully saturated rings. The van der Waals surface area contributed by atoms with Crippen LogP contribution in [0.2, 0.25) is 0 Å². The van der Waals surface area contributed by atoms with Crippen molar-refractivity contribution in [3.05, 3.63) is 22.2 Å². The largest absolute Gasteiger partial charge is 0.353 e. The predicted molar refractivity (Wildman–Crippen MR) is 68.5 cm³/mol. The van der Waals surface area contributed by atoms with Gasteiger partial charge in [0.25, 0.3) is 5.56 Å². The fraction of sp³-hybridized carbons (Fsp3) is 0.667. The van der Waals surface area contributed by atoms with E-state index in [1.807, 2.05) is 6.92 Å². The lowest BCUT2D eigenvalue weighted by atomic mass is 10.0. The molecule has 5 nitrogen and oxygen atoms in total. The Labute approximate surface area is 101 Å². The molecule has 0 radical (unpaired) electrons. The number of nitrogens with zero attached hydrogens (tertiary/aromatic N) is 2. The monoisotopic (exact) mass is 236 g/mol. The molecule has 2 rings (SSSR count). The van der Waals surface area contributed by atoms with Gasteiger partial charge in [-0.05, 0) is 13.8 Å². The minimum atomic E-state index is -0.0665. The second-order valence-corrected chi connectivity index (χ2v) is 5.14. The van der Waals surface area contributed by atoms with E-state index in [1.54, 1.807) is 6.07 Å². The molecule has 0 atom stereocenters. The van der Waals surface area contributed by atoms with E-state index < -0.39 is 0 Å². The topological polar surface area (TPSA) is 61.0 Å². The van der Waals surface area contributed by atoms with Gasteiger partial charge < -0.3 is 15.2 Å². The zero-order valence-electron chi connectivity index (χ0n) is 10.7. The van der Waals surface area contributed by atoms with Crippen molar-refractivity contribution < 1.29 is 0 Å². The molecular formula is C12H20N4O. The molecule has 0 aliphatic carbocycles. The van der Waals surface area contributed by atoms with Gasteiger partial charge in [-0.2, -0.15) is 0 Å². The first-order valence-corrected chi connectivity index (χ1v) is 6.10. The van der Waals surface area contributed by atoms with Gasteiger partial charge in [0, 0.05) is 37.7 Å². The molecule has 1 aliphatic heterocycles. The van der Waals surface area contributed by atoms with Crippen LogP contribution >= 0.6 is 0 Å². The number of anilines is 1. The molecule has 0 spiro atoms. The van der Waals surface area contributed by atoms with Gasteiger partial charge in [0.05, 0.1) is 0 Å². The van der Waals surface area contributed by atoms with Crippen molar-refractivity contribution >= 4 is 5.82 Å². The molecule has 2 N–H and O–H groups in total. The van der Waals surface area contributed by atoms with Crippen LogP contribution in [0.5, 0.6) is 0 Å². The SMILES string of the molecule is CCc1nc(N2CCNC(C)(C)C2)cc(=O)[nH]1. The summed E-state index contributed by atoms with van der Waals surface area (Å²) in [6.07, 6.45) is 0.749. The predicted octanol–water partition coefficient (Wildman–Crippen LogP) is 0.520. The molecule has 94 valence electrons. The summed E-state index contributed by atoms with van der Waals surface area (Å²) >= 11 is 0. The second-order valence-electron chi connectivity index (χ2n) is 5.14.